The first kappa shape index (κ1) is 22.0. The molecular formula is C24H16ClF2NO3S. The third-order valence-corrected chi connectivity index (χ3v) is 6.01. The summed E-state index contributed by atoms with van der Waals surface area (Å²) in [5.74, 6) is -0.777. The Kier molecular flexibility index (Phi) is 6.58. The van der Waals surface area contributed by atoms with Gasteiger partial charge in [-0.2, -0.15) is 0 Å². The largest absolute Gasteiger partial charge is 0.489 e. The van der Waals surface area contributed by atoms with Gasteiger partial charge in [0.15, 0.2) is 0 Å². The zero-order valence-corrected chi connectivity index (χ0v) is 18.1. The van der Waals surface area contributed by atoms with E-state index in [1.807, 2.05) is 0 Å². The maximum absolute atomic E-state index is 14.0. The summed E-state index contributed by atoms with van der Waals surface area (Å²) in [6.07, 6.45) is 1.59. The summed E-state index contributed by atoms with van der Waals surface area (Å²) in [5.41, 5.74) is 1.63. The summed E-state index contributed by atoms with van der Waals surface area (Å²) in [6, 6.07) is 17.2. The van der Waals surface area contributed by atoms with Crippen molar-refractivity contribution >= 4 is 40.6 Å². The van der Waals surface area contributed by atoms with Gasteiger partial charge in [-0.05, 0) is 65.4 Å². The van der Waals surface area contributed by atoms with Gasteiger partial charge < -0.3 is 4.74 Å². The minimum absolute atomic E-state index is 0.0976. The van der Waals surface area contributed by atoms with Crippen LogP contribution in [0.25, 0.3) is 6.08 Å². The van der Waals surface area contributed by atoms with E-state index in [1.165, 1.54) is 30.3 Å². The molecule has 32 heavy (non-hydrogen) atoms. The number of nitrogens with zero attached hydrogens (tertiary/aromatic N) is 1. The number of thioether (sulfide) groups is 1. The zero-order valence-electron chi connectivity index (χ0n) is 16.6. The summed E-state index contributed by atoms with van der Waals surface area (Å²) in [4.78, 5) is 26.2. The maximum Gasteiger partial charge on any atom is 0.293 e. The van der Waals surface area contributed by atoms with Gasteiger partial charge in [0.2, 0.25) is 0 Å². The second kappa shape index (κ2) is 9.54. The molecule has 1 aliphatic rings. The Labute approximate surface area is 192 Å². The lowest BCUT2D eigenvalue weighted by atomic mass is 10.2. The Morgan fingerprint density at radius 3 is 2.38 bits per heavy atom. The van der Waals surface area contributed by atoms with E-state index in [9.17, 15) is 18.4 Å². The number of hydrogen-bond donors (Lipinski definition) is 0. The molecule has 3 aromatic rings. The quantitative estimate of drug-likeness (QED) is 0.388. The fourth-order valence-electron chi connectivity index (χ4n) is 3.04. The summed E-state index contributed by atoms with van der Waals surface area (Å²) in [7, 11) is 0. The summed E-state index contributed by atoms with van der Waals surface area (Å²) in [5, 5.41) is -0.330. The van der Waals surface area contributed by atoms with Crippen molar-refractivity contribution in [2.75, 3.05) is 0 Å². The van der Waals surface area contributed by atoms with Crippen molar-refractivity contribution in [2.24, 2.45) is 0 Å². The van der Waals surface area contributed by atoms with E-state index < -0.39 is 17.0 Å². The van der Waals surface area contributed by atoms with Crippen molar-refractivity contribution in [3.05, 3.63) is 105 Å². The molecule has 8 heteroatoms. The molecule has 0 aliphatic carbocycles. The Morgan fingerprint density at radius 2 is 1.69 bits per heavy atom. The summed E-state index contributed by atoms with van der Waals surface area (Å²) < 4.78 is 32.7. The lowest BCUT2D eigenvalue weighted by Gasteiger charge is -2.14. The van der Waals surface area contributed by atoms with Crippen LogP contribution in [0.5, 0.6) is 5.75 Å². The van der Waals surface area contributed by atoms with E-state index >= 15 is 0 Å². The topological polar surface area (TPSA) is 46.6 Å². The Balaban J connectivity index is 1.42. The van der Waals surface area contributed by atoms with Crippen molar-refractivity contribution in [1.29, 1.82) is 0 Å². The highest BCUT2D eigenvalue weighted by atomic mass is 35.5. The third kappa shape index (κ3) is 5.00. The zero-order chi connectivity index (χ0) is 22.7. The molecule has 0 N–H and O–H groups in total. The first-order valence-electron chi connectivity index (χ1n) is 9.56. The van der Waals surface area contributed by atoms with Crippen LogP contribution in [0.2, 0.25) is 5.02 Å². The smallest absolute Gasteiger partial charge is 0.293 e. The SMILES string of the molecule is O=C1S/C(=C/c2ccc(OCc3ccc(F)cc3)cc2)C(=O)N1Cc1c(F)cccc1Cl. The predicted molar refractivity (Wildman–Crippen MR) is 120 cm³/mol. The van der Waals surface area contributed by atoms with Crippen molar-refractivity contribution in [1.82, 2.24) is 4.90 Å². The molecule has 1 aliphatic heterocycles. The van der Waals surface area contributed by atoms with Gasteiger partial charge in [-0.15, -0.1) is 0 Å². The van der Waals surface area contributed by atoms with Crippen LogP contribution in [0.15, 0.2) is 71.6 Å². The van der Waals surface area contributed by atoms with E-state index in [2.05, 4.69) is 0 Å². The van der Waals surface area contributed by atoms with Crippen LogP contribution in [0.1, 0.15) is 16.7 Å². The maximum atomic E-state index is 14.0. The molecule has 0 atom stereocenters. The van der Waals surface area contributed by atoms with Gasteiger partial charge in [0.25, 0.3) is 11.1 Å². The fraction of sp³-hybridized carbons (Fsp3) is 0.0833. The normalized spacial score (nSPS) is 15.0. The molecule has 1 fully saturated rings. The number of rotatable bonds is 6. The second-order valence-electron chi connectivity index (χ2n) is 6.95. The number of benzene rings is 3. The van der Waals surface area contributed by atoms with Crippen LogP contribution in [-0.4, -0.2) is 16.0 Å². The molecule has 1 heterocycles. The number of carbonyl (C=O) groups is 2. The van der Waals surface area contributed by atoms with Crippen molar-refractivity contribution in [3.8, 4) is 5.75 Å². The van der Waals surface area contributed by atoms with Gasteiger partial charge in [-0.3, -0.25) is 14.5 Å². The van der Waals surface area contributed by atoms with Crippen LogP contribution in [-0.2, 0) is 17.9 Å². The molecule has 0 radical (unpaired) electrons. The number of halogens is 3. The molecule has 0 spiro atoms. The number of imide groups is 1. The highest BCUT2D eigenvalue weighted by molar-refractivity contribution is 8.18. The molecular weight excluding hydrogens is 456 g/mol. The van der Waals surface area contributed by atoms with Gasteiger partial charge in [0, 0.05) is 10.6 Å². The van der Waals surface area contributed by atoms with E-state index in [0.717, 1.165) is 22.2 Å². The van der Waals surface area contributed by atoms with Crippen LogP contribution >= 0.6 is 23.4 Å². The van der Waals surface area contributed by atoms with Gasteiger partial charge >= 0.3 is 0 Å². The summed E-state index contributed by atoms with van der Waals surface area (Å²) in [6.45, 7) is 0.0563. The first-order chi connectivity index (χ1) is 15.4. The van der Waals surface area contributed by atoms with Crippen LogP contribution in [0.3, 0.4) is 0 Å². The average molecular weight is 472 g/mol. The number of carbonyl (C=O) groups excluding carboxylic acids is 2. The van der Waals surface area contributed by atoms with Gasteiger partial charge in [-0.25, -0.2) is 8.78 Å². The van der Waals surface area contributed by atoms with Gasteiger partial charge in [-0.1, -0.05) is 41.9 Å². The van der Waals surface area contributed by atoms with Gasteiger partial charge in [0.05, 0.1) is 11.4 Å². The molecule has 0 bridgehead atoms. The highest BCUT2D eigenvalue weighted by Crippen LogP contribution is 2.34. The Hall–Kier alpha value is -3.16. The highest BCUT2D eigenvalue weighted by Gasteiger charge is 2.35. The molecule has 0 unspecified atom stereocenters. The fourth-order valence-corrected chi connectivity index (χ4v) is 4.10. The minimum atomic E-state index is -0.572. The van der Waals surface area contributed by atoms with E-state index in [0.29, 0.717) is 11.3 Å². The van der Waals surface area contributed by atoms with Crippen molar-refractivity contribution in [2.45, 2.75) is 13.2 Å². The lowest BCUT2D eigenvalue weighted by molar-refractivity contribution is -0.123. The molecule has 0 aromatic heterocycles. The Morgan fingerprint density at radius 1 is 0.969 bits per heavy atom. The molecule has 0 saturated carbocycles. The molecule has 4 rings (SSSR count). The molecule has 2 amide bonds. The minimum Gasteiger partial charge on any atom is -0.489 e. The second-order valence-corrected chi connectivity index (χ2v) is 8.35. The summed E-state index contributed by atoms with van der Waals surface area (Å²) >= 11 is 6.81. The van der Waals surface area contributed by atoms with Crippen molar-refractivity contribution in [3.63, 3.8) is 0 Å². The Bertz CT molecular complexity index is 1180. The van der Waals surface area contributed by atoms with Crippen LogP contribution in [0.4, 0.5) is 13.6 Å². The molecule has 1 saturated heterocycles. The predicted octanol–water partition coefficient (Wildman–Crippen LogP) is 6.43. The number of hydrogen-bond acceptors (Lipinski definition) is 4. The number of ether oxygens (including phenoxy) is 1. The third-order valence-electron chi connectivity index (χ3n) is 4.75. The van der Waals surface area contributed by atoms with Crippen molar-refractivity contribution < 1.29 is 23.1 Å². The molecule has 162 valence electrons. The van der Waals surface area contributed by atoms with Crippen LogP contribution < -0.4 is 4.74 Å². The van der Waals surface area contributed by atoms with E-state index in [4.69, 9.17) is 16.3 Å². The van der Waals surface area contributed by atoms with E-state index in [-0.39, 0.29) is 34.5 Å². The lowest BCUT2D eigenvalue weighted by Crippen LogP contribution is -2.28. The number of amides is 2. The van der Waals surface area contributed by atoms with E-state index in [1.54, 1.807) is 42.5 Å². The van der Waals surface area contributed by atoms with Gasteiger partial charge in [0.1, 0.15) is 24.0 Å². The van der Waals surface area contributed by atoms with Crippen LogP contribution in [0, 0.1) is 11.6 Å². The monoisotopic (exact) mass is 471 g/mol. The molecule has 4 nitrogen and oxygen atoms in total. The first-order valence-corrected chi connectivity index (χ1v) is 10.8. The average Bonchev–Trinajstić information content (AvgIpc) is 3.04. The standard InChI is InChI=1S/C24H16ClF2NO3S/c25-20-2-1-3-21(27)19(20)13-28-23(29)22(32-24(28)30)12-15-6-10-18(11-7-15)31-14-16-4-8-17(26)9-5-16/h1-12H,13-14H2/b22-12+. The molecule has 3 aromatic carbocycles.